The Morgan fingerprint density at radius 2 is 1.71 bits per heavy atom. The second-order valence-electron chi connectivity index (χ2n) is 7.07. The molecule has 2 fully saturated rings. The van der Waals surface area contributed by atoms with Crippen LogP contribution >= 0.6 is 0 Å². The van der Waals surface area contributed by atoms with Crippen molar-refractivity contribution in [1.82, 2.24) is 0 Å². The highest BCUT2D eigenvalue weighted by Gasteiger charge is 2.60. The van der Waals surface area contributed by atoms with Gasteiger partial charge in [-0.3, -0.25) is 10.1 Å². The van der Waals surface area contributed by atoms with Crippen molar-refractivity contribution in [3.63, 3.8) is 0 Å². The van der Waals surface area contributed by atoms with Gasteiger partial charge in [0.2, 0.25) is 0 Å². The van der Waals surface area contributed by atoms with Gasteiger partial charge in [-0.1, -0.05) is 30.3 Å². The minimum absolute atomic E-state index is 0.0387. The van der Waals surface area contributed by atoms with Crippen LogP contribution < -0.4 is 10.2 Å². The Labute approximate surface area is 159 Å². The number of nitrogens with zero attached hydrogens (tertiary/aromatic N) is 1. The molecule has 1 saturated carbocycles. The Kier molecular flexibility index (Phi) is 4.62. The van der Waals surface area contributed by atoms with E-state index >= 15 is 0 Å². The summed E-state index contributed by atoms with van der Waals surface area (Å²) in [7, 11) is 0. The van der Waals surface area contributed by atoms with Gasteiger partial charge < -0.3 is 14.7 Å². The Morgan fingerprint density at radius 1 is 1.11 bits per heavy atom. The van der Waals surface area contributed by atoms with E-state index in [1.54, 1.807) is 24.3 Å². The predicted molar refractivity (Wildman–Crippen MR) is 96.9 cm³/mol. The van der Waals surface area contributed by atoms with Crippen molar-refractivity contribution < 1.29 is 28.2 Å². The quantitative estimate of drug-likeness (QED) is 0.820. The van der Waals surface area contributed by atoms with E-state index < -0.39 is 29.6 Å². The topological polar surface area (TPSA) is 78.9 Å². The predicted octanol–water partition coefficient (Wildman–Crippen LogP) is 3.48. The van der Waals surface area contributed by atoms with Crippen molar-refractivity contribution in [3.8, 4) is 0 Å². The number of aliphatic carboxylic acids is 1. The number of piperidine rings is 1. The van der Waals surface area contributed by atoms with Gasteiger partial charge in [-0.05, 0) is 29.5 Å². The summed E-state index contributed by atoms with van der Waals surface area (Å²) >= 11 is 0. The van der Waals surface area contributed by atoms with Gasteiger partial charge in [-0.25, -0.2) is 13.6 Å². The summed E-state index contributed by atoms with van der Waals surface area (Å²) in [6, 6.07) is 11.1. The van der Waals surface area contributed by atoms with Crippen LogP contribution in [0, 0.1) is 29.4 Å². The summed E-state index contributed by atoms with van der Waals surface area (Å²) in [6.45, 7) is 0.653. The first-order valence-corrected chi connectivity index (χ1v) is 8.88. The molecule has 28 heavy (non-hydrogen) atoms. The Hall–Kier alpha value is -3.16. The molecular weight excluding hydrogens is 370 g/mol. The molecule has 1 saturated heterocycles. The lowest BCUT2D eigenvalue weighted by Crippen LogP contribution is -2.27. The van der Waals surface area contributed by atoms with Crippen LogP contribution in [0.25, 0.3) is 0 Å². The molecule has 3 atom stereocenters. The SMILES string of the molecule is O=C(Nc1cc(F)c(N2C[C@@H]3C(C(=O)O)[C@@H]3C2)c(F)c1)OCc1ccccc1. The van der Waals surface area contributed by atoms with Crippen LogP contribution in [0.15, 0.2) is 42.5 Å². The zero-order valence-corrected chi connectivity index (χ0v) is 14.8. The number of ether oxygens (including phenoxy) is 1. The first kappa shape index (κ1) is 18.2. The normalized spacial score (nSPS) is 22.5. The number of rotatable bonds is 5. The van der Waals surface area contributed by atoms with Crippen molar-refractivity contribution >= 4 is 23.4 Å². The van der Waals surface area contributed by atoms with Gasteiger partial charge in [0.1, 0.15) is 12.3 Å². The van der Waals surface area contributed by atoms with Crippen molar-refractivity contribution in [3.05, 3.63) is 59.7 Å². The fraction of sp³-hybridized carbons (Fsp3) is 0.300. The summed E-state index contributed by atoms with van der Waals surface area (Å²) < 4.78 is 34.0. The summed E-state index contributed by atoms with van der Waals surface area (Å²) in [4.78, 5) is 24.4. The number of nitrogens with one attached hydrogen (secondary N) is 1. The fourth-order valence-corrected chi connectivity index (χ4v) is 3.89. The molecule has 2 aromatic rings. The van der Waals surface area contributed by atoms with Gasteiger partial charge in [-0.15, -0.1) is 0 Å². The number of amides is 1. The van der Waals surface area contributed by atoms with Crippen LogP contribution in [0.2, 0.25) is 0 Å². The number of carbonyl (C=O) groups is 2. The van der Waals surface area contributed by atoms with Crippen LogP contribution in [0.1, 0.15) is 5.56 Å². The summed E-state index contributed by atoms with van der Waals surface area (Å²) in [6.07, 6.45) is -0.817. The number of hydrogen-bond donors (Lipinski definition) is 2. The molecule has 1 aliphatic carbocycles. The highest BCUT2D eigenvalue weighted by Crippen LogP contribution is 2.53. The minimum atomic E-state index is -0.857. The van der Waals surface area contributed by atoms with Crippen molar-refractivity contribution in [2.24, 2.45) is 17.8 Å². The molecule has 1 amide bonds. The van der Waals surface area contributed by atoms with E-state index in [0.29, 0.717) is 13.1 Å². The molecule has 1 unspecified atom stereocenters. The average molecular weight is 388 g/mol. The smallest absolute Gasteiger partial charge is 0.411 e. The van der Waals surface area contributed by atoms with Crippen LogP contribution in [0.4, 0.5) is 25.0 Å². The largest absolute Gasteiger partial charge is 0.481 e. The molecule has 146 valence electrons. The van der Waals surface area contributed by atoms with E-state index in [2.05, 4.69) is 5.32 Å². The van der Waals surface area contributed by atoms with E-state index in [4.69, 9.17) is 9.84 Å². The lowest BCUT2D eigenvalue weighted by atomic mass is 10.2. The van der Waals surface area contributed by atoms with Crippen molar-refractivity contribution in [2.75, 3.05) is 23.3 Å². The molecule has 8 heteroatoms. The first-order chi connectivity index (χ1) is 13.4. The number of fused-ring (bicyclic) bond motifs is 1. The third kappa shape index (κ3) is 3.49. The van der Waals surface area contributed by atoms with E-state index in [1.807, 2.05) is 6.07 Å². The van der Waals surface area contributed by atoms with Crippen LogP contribution in [0.3, 0.4) is 0 Å². The summed E-state index contributed by atoms with van der Waals surface area (Å²) in [5, 5.41) is 11.4. The van der Waals surface area contributed by atoms with Crippen LogP contribution in [-0.4, -0.2) is 30.3 Å². The summed E-state index contributed by atoms with van der Waals surface area (Å²) in [5.41, 5.74) is 0.543. The Balaban J connectivity index is 1.38. The number of carboxylic acid groups (broad SMARTS) is 1. The van der Waals surface area contributed by atoms with E-state index in [-0.39, 0.29) is 29.8 Å². The highest BCUT2D eigenvalue weighted by atomic mass is 19.1. The highest BCUT2D eigenvalue weighted by molar-refractivity contribution is 5.85. The lowest BCUT2D eigenvalue weighted by molar-refractivity contribution is -0.139. The number of carbonyl (C=O) groups excluding carboxylic acids is 1. The molecule has 4 rings (SSSR count). The number of benzene rings is 2. The average Bonchev–Trinajstić information content (AvgIpc) is 3.16. The molecule has 0 spiro atoms. The summed E-state index contributed by atoms with van der Waals surface area (Å²) in [5.74, 6) is -3.03. The van der Waals surface area contributed by atoms with E-state index in [9.17, 15) is 18.4 Å². The molecule has 1 aliphatic heterocycles. The maximum Gasteiger partial charge on any atom is 0.411 e. The molecule has 6 nitrogen and oxygen atoms in total. The second kappa shape index (κ2) is 7.10. The molecule has 2 aromatic carbocycles. The van der Waals surface area contributed by atoms with Gasteiger partial charge >= 0.3 is 12.1 Å². The molecule has 2 N–H and O–H groups in total. The third-order valence-corrected chi connectivity index (χ3v) is 5.27. The van der Waals surface area contributed by atoms with Gasteiger partial charge in [0, 0.05) is 18.8 Å². The second-order valence-corrected chi connectivity index (χ2v) is 7.07. The Morgan fingerprint density at radius 3 is 2.29 bits per heavy atom. The molecule has 1 heterocycles. The third-order valence-electron chi connectivity index (χ3n) is 5.27. The fourth-order valence-electron chi connectivity index (χ4n) is 3.89. The molecular formula is C20H18F2N2O4. The van der Waals surface area contributed by atoms with Crippen LogP contribution in [-0.2, 0) is 16.1 Å². The van der Waals surface area contributed by atoms with Gasteiger partial charge in [0.05, 0.1) is 5.92 Å². The number of anilines is 2. The molecule has 0 bridgehead atoms. The maximum absolute atomic E-state index is 14.5. The van der Waals surface area contributed by atoms with Crippen LogP contribution in [0.5, 0.6) is 0 Å². The maximum atomic E-state index is 14.5. The molecule has 2 aliphatic rings. The zero-order chi connectivity index (χ0) is 19.8. The van der Waals surface area contributed by atoms with Gasteiger partial charge in [-0.2, -0.15) is 0 Å². The van der Waals surface area contributed by atoms with E-state index in [1.165, 1.54) is 4.90 Å². The van der Waals surface area contributed by atoms with Crippen molar-refractivity contribution in [2.45, 2.75) is 6.61 Å². The number of hydrogen-bond acceptors (Lipinski definition) is 4. The number of carboxylic acids is 1. The Bertz CT molecular complexity index is 887. The zero-order valence-electron chi connectivity index (χ0n) is 14.8. The van der Waals surface area contributed by atoms with Gasteiger partial charge in [0.25, 0.3) is 0 Å². The lowest BCUT2D eigenvalue weighted by Gasteiger charge is -2.23. The molecule has 0 radical (unpaired) electrons. The number of halogens is 2. The monoisotopic (exact) mass is 388 g/mol. The van der Waals surface area contributed by atoms with Gasteiger partial charge in [0.15, 0.2) is 11.6 Å². The van der Waals surface area contributed by atoms with E-state index in [0.717, 1.165) is 17.7 Å². The van der Waals surface area contributed by atoms with Crippen molar-refractivity contribution in [1.29, 1.82) is 0 Å². The molecule has 0 aromatic heterocycles. The first-order valence-electron chi connectivity index (χ1n) is 8.88. The minimum Gasteiger partial charge on any atom is -0.481 e. The standard InChI is InChI=1S/C20H18F2N2O4/c21-15-6-12(23-20(27)28-10-11-4-2-1-3-5-11)7-16(22)18(15)24-8-13-14(9-24)17(13)19(25)26/h1-7,13-14,17H,8-10H2,(H,23,27)(H,25,26)/t13-,14+,17?.